The van der Waals surface area contributed by atoms with Crippen molar-refractivity contribution in [2.24, 2.45) is 5.92 Å². The van der Waals surface area contributed by atoms with Gasteiger partial charge in [0.25, 0.3) is 0 Å². The van der Waals surface area contributed by atoms with Crippen LogP contribution in [-0.4, -0.2) is 28.1 Å². The van der Waals surface area contributed by atoms with Gasteiger partial charge in [-0.1, -0.05) is 18.1 Å². The second kappa shape index (κ2) is 4.42. The lowest BCUT2D eigenvalue weighted by atomic mass is 10.1. The number of nitrogens with zero attached hydrogens (tertiary/aromatic N) is 3. The van der Waals surface area contributed by atoms with E-state index in [9.17, 15) is 4.79 Å². The zero-order valence-electron chi connectivity index (χ0n) is 8.85. The van der Waals surface area contributed by atoms with Gasteiger partial charge in [0.2, 0.25) is 0 Å². The van der Waals surface area contributed by atoms with Crippen molar-refractivity contribution in [1.29, 1.82) is 0 Å². The SMILES string of the molecule is COC(=O)c1cn(CC2CCCC2)nn1. The van der Waals surface area contributed by atoms with Crippen molar-refractivity contribution in [1.82, 2.24) is 15.0 Å². The average Bonchev–Trinajstić information content (AvgIpc) is 2.88. The fourth-order valence-corrected chi connectivity index (χ4v) is 2.04. The largest absolute Gasteiger partial charge is 0.464 e. The predicted octanol–water partition coefficient (Wildman–Crippen LogP) is 1.25. The molecule has 1 heterocycles. The summed E-state index contributed by atoms with van der Waals surface area (Å²) in [6, 6.07) is 0. The summed E-state index contributed by atoms with van der Waals surface area (Å²) in [6.45, 7) is 0.865. The highest BCUT2D eigenvalue weighted by Gasteiger charge is 2.17. The first-order chi connectivity index (χ1) is 7.29. The minimum Gasteiger partial charge on any atom is -0.464 e. The Morgan fingerprint density at radius 3 is 3.00 bits per heavy atom. The molecular weight excluding hydrogens is 194 g/mol. The molecule has 1 aliphatic rings. The van der Waals surface area contributed by atoms with Gasteiger partial charge < -0.3 is 4.74 Å². The molecule has 0 N–H and O–H groups in total. The molecule has 1 aromatic rings. The first-order valence-corrected chi connectivity index (χ1v) is 5.28. The van der Waals surface area contributed by atoms with Crippen molar-refractivity contribution < 1.29 is 9.53 Å². The van der Waals surface area contributed by atoms with E-state index < -0.39 is 5.97 Å². The van der Waals surface area contributed by atoms with E-state index in [0.29, 0.717) is 5.92 Å². The van der Waals surface area contributed by atoms with Crippen molar-refractivity contribution in [3.63, 3.8) is 0 Å². The quantitative estimate of drug-likeness (QED) is 0.703. The first kappa shape index (κ1) is 10.1. The molecule has 2 rings (SSSR count). The molecule has 0 saturated heterocycles. The van der Waals surface area contributed by atoms with Crippen molar-refractivity contribution >= 4 is 5.97 Å². The highest BCUT2D eigenvalue weighted by atomic mass is 16.5. The van der Waals surface area contributed by atoms with Gasteiger partial charge >= 0.3 is 5.97 Å². The summed E-state index contributed by atoms with van der Waals surface area (Å²) in [5.74, 6) is 0.268. The number of carbonyl (C=O) groups excluding carboxylic acids is 1. The Morgan fingerprint density at radius 1 is 1.60 bits per heavy atom. The molecule has 0 aliphatic heterocycles. The Labute approximate surface area is 88.4 Å². The summed E-state index contributed by atoms with van der Waals surface area (Å²) in [7, 11) is 1.35. The minimum atomic E-state index is -0.423. The van der Waals surface area contributed by atoms with Gasteiger partial charge in [0.15, 0.2) is 5.69 Å². The van der Waals surface area contributed by atoms with E-state index in [1.165, 1.54) is 32.8 Å². The van der Waals surface area contributed by atoms with Gasteiger partial charge in [0.05, 0.1) is 13.3 Å². The van der Waals surface area contributed by atoms with Gasteiger partial charge in [-0.05, 0) is 18.8 Å². The van der Waals surface area contributed by atoms with Crippen LogP contribution >= 0.6 is 0 Å². The van der Waals surface area contributed by atoms with Crippen molar-refractivity contribution in [2.45, 2.75) is 32.2 Å². The molecule has 15 heavy (non-hydrogen) atoms. The molecule has 0 radical (unpaired) electrons. The van der Waals surface area contributed by atoms with Gasteiger partial charge in [0, 0.05) is 6.54 Å². The smallest absolute Gasteiger partial charge is 0.360 e. The lowest BCUT2D eigenvalue weighted by molar-refractivity contribution is 0.0594. The molecule has 0 spiro atoms. The van der Waals surface area contributed by atoms with Gasteiger partial charge in [-0.25, -0.2) is 4.79 Å². The van der Waals surface area contributed by atoms with Gasteiger partial charge in [-0.3, -0.25) is 4.68 Å². The van der Waals surface area contributed by atoms with Crippen molar-refractivity contribution in [3.8, 4) is 0 Å². The third-order valence-electron chi connectivity index (χ3n) is 2.85. The molecule has 0 aromatic carbocycles. The van der Waals surface area contributed by atoms with E-state index in [2.05, 4.69) is 15.0 Å². The fourth-order valence-electron chi connectivity index (χ4n) is 2.04. The van der Waals surface area contributed by atoms with Crippen LogP contribution in [0.3, 0.4) is 0 Å². The normalized spacial score (nSPS) is 16.9. The highest BCUT2D eigenvalue weighted by molar-refractivity contribution is 5.86. The third kappa shape index (κ3) is 2.34. The molecule has 1 fully saturated rings. The van der Waals surface area contributed by atoms with E-state index in [-0.39, 0.29) is 5.69 Å². The molecule has 1 saturated carbocycles. The number of aromatic nitrogens is 3. The van der Waals surface area contributed by atoms with E-state index in [4.69, 9.17) is 0 Å². The van der Waals surface area contributed by atoms with Crippen LogP contribution in [0.1, 0.15) is 36.2 Å². The van der Waals surface area contributed by atoms with E-state index in [1.807, 2.05) is 0 Å². The summed E-state index contributed by atoms with van der Waals surface area (Å²) in [4.78, 5) is 11.1. The topological polar surface area (TPSA) is 57.0 Å². The summed E-state index contributed by atoms with van der Waals surface area (Å²) >= 11 is 0. The van der Waals surface area contributed by atoms with E-state index in [0.717, 1.165) is 6.54 Å². The molecule has 0 amide bonds. The number of methoxy groups -OCH3 is 1. The second-order valence-electron chi connectivity index (χ2n) is 3.97. The number of hydrogen-bond acceptors (Lipinski definition) is 4. The maximum absolute atomic E-state index is 11.1. The maximum atomic E-state index is 11.1. The zero-order valence-corrected chi connectivity index (χ0v) is 8.85. The van der Waals surface area contributed by atoms with Crippen LogP contribution in [0.25, 0.3) is 0 Å². The highest BCUT2D eigenvalue weighted by Crippen LogP contribution is 2.25. The lowest BCUT2D eigenvalue weighted by Gasteiger charge is -2.06. The maximum Gasteiger partial charge on any atom is 0.360 e. The van der Waals surface area contributed by atoms with Crippen molar-refractivity contribution in [2.75, 3.05) is 7.11 Å². The summed E-state index contributed by atoms with van der Waals surface area (Å²) in [5, 5.41) is 7.68. The number of carbonyl (C=O) groups is 1. The van der Waals surface area contributed by atoms with Crippen LogP contribution < -0.4 is 0 Å². The van der Waals surface area contributed by atoms with Crippen LogP contribution in [0, 0.1) is 5.92 Å². The minimum absolute atomic E-state index is 0.287. The molecule has 0 bridgehead atoms. The lowest BCUT2D eigenvalue weighted by Crippen LogP contribution is -2.07. The van der Waals surface area contributed by atoms with Crippen LogP contribution in [-0.2, 0) is 11.3 Å². The van der Waals surface area contributed by atoms with Gasteiger partial charge in [-0.2, -0.15) is 0 Å². The van der Waals surface area contributed by atoms with Crippen LogP contribution in [0.4, 0.5) is 0 Å². The fraction of sp³-hybridized carbons (Fsp3) is 0.700. The van der Waals surface area contributed by atoms with Crippen molar-refractivity contribution in [3.05, 3.63) is 11.9 Å². The first-order valence-electron chi connectivity index (χ1n) is 5.28. The van der Waals surface area contributed by atoms with E-state index in [1.54, 1.807) is 10.9 Å². The molecular formula is C10H15N3O2. The number of esters is 1. The number of hydrogen-bond donors (Lipinski definition) is 0. The van der Waals surface area contributed by atoms with E-state index >= 15 is 0 Å². The summed E-state index contributed by atoms with van der Waals surface area (Å²) in [5.41, 5.74) is 0.287. The Bertz CT molecular complexity index is 342. The summed E-state index contributed by atoms with van der Waals surface area (Å²) < 4.78 is 6.30. The Morgan fingerprint density at radius 2 is 2.33 bits per heavy atom. The van der Waals surface area contributed by atoms with Gasteiger partial charge in [-0.15, -0.1) is 5.10 Å². The molecule has 5 heteroatoms. The Kier molecular flexibility index (Phi) is 2.99. The number of ether oxygens (including phenoxy) is 1. The zero-order chi connectivity index (χ0) is 10.7. The molecule has 1 aliphatic carbocycles. The molecule has 5 nitrogen and oxygen atoms in total. The Hall–Kier alpha value is -1.39. The average molecular weight is 209 g/mol. The standard InChI is InChI=1S/C10H15N3O2/c1-15-10(14)9-7-13(12-11-9)6-8-4-2-3-5-8/h7-8H,2-6H2,1H3. The molecule has 0 unspecified atom stereocenters. The van der Waals surface area contributed by atoms with Crippen LogP contribution in [0.15, 0.2) is 6.20 Å². The third-order valence-corrected chi connectivity index (χ3v) is 2.85. The Balaban J connectivity index is 1.97. The monoisotopic (exact) mass is 209 g/mol. The van der Waals surface area contributed by atoms with Crippen LogP contribution in [0.5, 0.6) is 0 Å². The summed E-state index contributed by atoms with van der Waals surface area (Å²) in [6.07, 6.45) is 6.79. The molecule has 0 atom stereocenters. The van der Waals surface area contributed by atoms with Crippen LogP contribution in [0.2, 0.25) is 0 Å². The predicted molar refractivity (Wildman–Crippen MR) is 53.3 cm³/mol. The van der Waals surface area contributed by atoms with Gasteiger partial charge in [0.1, 0.15) is 0 Å². The second-order valence-corrected chi connectivity index (χ2v) is 3.97. The molecule has 82 valence electrons. The number of rotatable bonds is 3. The molecule has 1 aromatic heterocycles.